The zero-order valence-electron chi connectivity index (χ0n) is 17.5. The van der Waals surface area contributed by atoms with Gasteiger partial charge in [0.2, 0.25) is 0 Å². The second-order valence-electron chi connectivity index (χ2n) is 8.54. The standard InChI is InChI=1S/C23H23Cl2FN4O2/c1-13(20-17(24)2-3-18(26)21(20)25)31-19-8-14(9-28-22(19)27)15-10-29-30(11-15)12-16-4-5-23(32-16)6-7-23/h2-3,8-11,13,16H,4-7,12H2,1H3,(H2,27,28). The van der Waals surface area contributed by atoms with Crippen LogP contribution in [0.5, 0.6) is 5.75 Å². The Morgan fingerprint density at radius 1 is 1.28 bits per heavy atom. The van der Waals surface area contributed by atoms with Crippen molar-refractivity contribution in [1.82, 2.24) is 14.8 Å². The second kappa shape index (κ2) is 8.21. The lowest BCUT2D eigenvalue weighted by molar-refractivity contribution is 0.0178. The molecule has 6 nitrogen and oxygen atoms in total. The topological polar surface area (TPSA) is 75.2 Å². The molecule has 2 aromatic heterocycles. The van der Waals surface area contributed by atoms with E-state index < -0.39 is 11.9 Å². The predicted molar refractivity (Wildman–Crippen MR) is 121 cm³/mol. The molecule has 3 aromatic rings. The lowest BCUT2D eigenvalue weighted by Gasteiger charge is -2.19. The zero-order valence-corrected chi connectivity index (χ0v) is 19.0. The van der Waals surface area contributed by atoms with Gasteiger partial charge in [-0.05, 0) is 50.8 Å². The van der Waals surface area contributed by atoms with E-state index >= 15 is 0 Å². The first-order valence-corrected chi connectivity index (χ1v) is 11.4. The Bertz CT molecular complexity index is 1160. The number of nitrogens with zero attached hydrogens (tertiary/aromatic N) is 3. The summed E-state index contributed by atoms with van der Waals surface area (Å²) < 4.78 is 28.0. The van der Waals surface area contributed by atoms with Gasteiger partial charge < -0.3 is 15.2 Å². The summed E-state index contributed by atoms with van der Waals surface area (Å²) in [6.45, 7) is 2.45. The number of hydrogen-bond donors (Lipinski definition) is 1. The van der Waals surface area contributed by atoms with E-state index in [2.05, 4.69) is 10.1 Å². The van der Waals surface area contributed by atoms with Crippen LogP contribution in [0.1, 0.15) is 44.3 Å². The van der Waals surface area contributed by atoms with E-state index in [0.717, 1.165) is 30.5 Å². The predicted octanol–water partition coefficient (Wildman–Crippen LogP) is 5.82. The van der Waals surface area contributed by atoms with Crippen molar-refractivity contribution in [2.75, 3.05) is 5.73 Å². The molecule has 168 valence electrons. The lowest BCUT2D eigenvalue weighted by atomic mass is 10.1. The van der Waals surface area contributed by atoms with Crippen molar-refractivity contribution in [2.45, 2.75) is 57.0 Å². The molecule has 0 amide bonds. The number of pyridine rings is 1. The molecule has 32 heavy (non-hydrogen) atoms. The quantitative estimate of drug-likeness (QED) is 0.453. The Kier molecular flexibility index (Phi) is 5.51. The van der Waals surface area contributed by atoms with Crippen LogP contribution in [0.3, 0.4) is 0 Å². The van der Waals surface area contributed by atoms with Gasteiger partial charge in [0.1, 0.15) is 11.9 Å². The molecule has 2 N–H and O–H groups in total. The molecule has 0 radical (unpaired) electrons. The van der Waals surface area contributed by atoms with E-state index in [-0.39, 0.29) is 22.5 Å². The molecule has 1 saturated carbocycles. The van der Waals surface area contributed by atoms with Crippen molar-refractivity contribution < 1.29 is 13.9 Å². The highest BCUT2D eigenvalue weighted by Crippen LogP contribution is 2.49. The van der Waals surface area contributed by atoms with Gasteiger partial charge in [-0.3, -0.25) is 4.68 Å². The average Bonchev–Trinajstić information content (AvgIpc) is 3.16. The summed E-state index contributed by atoms with van der Waals surface area (Å²) in [5.74, 6) is 0.00676. The average molecular weight is 477 g/mol. The van der Waals surface area contributed by atoms with Gasteiger partial charge in [0.25, 0.3) is 0 Å². The molecule has 1 saturated heterocycles. The molecule has 9 heteroatoms. The molecule has 1 spiro atoms. The summed E-state index contributed by atoms with van der Waals surface area (Å²) in [5.41, 5.74) is 8.24. The molecule has 1 aliphatic heterocycles. The minimum atomic E-state index is -0.637. The highest BCUT2D eigenvalue weighted by atomic mass is 35.5. The Morgan fingerprint density at radius 3 is 2.84 bits per heavy atom. The zero-order chi connectivity index (χ0) is 22.5. The van der Waals surface area contributed by atoms with Gasteiger partial charge in [-0.2, -0.15) is 5.10 Å². The van der Waals surface area contributed by atoms with Gasteiger partial charge in [0.05, 0.1) is 29.5 Å². The fourth-order valence-corrected chi connectivity index (χ4v) is 4.90. The highest BCUT2D eigenvalue weighted by Gasteiger charge is 2.49. The largest absolute Gasteiger partial charge is 0.482 e. The van der Waals surface area contributed by atoms with Crippen LogP contribution in [0.15, 0.2) is 36.8 Å². The maximum atomic E-state index is 13.9. The van der Waals surface area contributed by atoms with Gasteiger partial charge in [-0.15, -0.1) is 0 Å². The summed E-state index contributed by atoms with van der Waals surface area (Å²) in [6.07, 6.45) is 9.55. The van der Waals surface area contributed by atoms with Crippen LogP contribution in [-0.2, 0) is 11.3 Å². The van der Waals surface area contributed by atoms with Crippen LogP contribution < -0.4 is 10.5 Å². The van der Waals surface area contributed by atoms with Crippen LogP contribution in [0, 0.1) is 5.82 Å². The Labute approximate surface area is 195 Å². The molecule has 3 heterocycles. The fraction of sp³-hybridized carbons (Fsp3) is 0.391. The Balaban J connectivity index is 1.33. The van der Waals surface area contributed by atoms with Gasteiger partial charge in [-0.25, -0.2) is 9.37 Å². The molecule has 0 bridgehead atoms. The summed E-state index contributed by atoms with van der Waals surface area (Å²) in [4.78, 5) is 4.26. The van der Waals surface area contributed by atoms with E-state index in [1.165, 1.54) is 25.0 Å². The number of benzene rings is 1. The first-order chi connectivity index (χ1) is 15.3. The summed E-state index contributed by atoms with van der Waals surface area (Å²) in [7, 11) is 0. The van der Waals surface area contributed by atoms with E-state index in [9.17, 15) is 4.39 Å². The third-order valence-corrected chi connectivity index (χ3v) is 6.89. The number of rotatable bonds is 6. The number of halogens is 3. The molecular weight excluding hydrogens is 454 g/mol. The van der Waals surface area contributed by atoms with E-state index in [1.54, 1.807) is 25.4 Å². The number of nitrogen functional groups attached to an aromatic ring is 1. The molecule has 1 aromatic carbocycles. The minimum Gasteiger partial charge on any atom is -0.482 e. The van der Waals surface area contributed by atoms with E-state index in [0.29, 0.717) is 16.3 Å². The number of ether oxygens (including phenoxy) is 2. The summed E-state index contributed by atoms with van der Waals surface area (Å²) >= 11 is 12.3. The Morgan fingerprint density at radius 2 is 2.09 bits per heavy atom. The monoisotopic (exact) mass is 476 g/mol. The van der Waals surface area contributed by atoms with Crippen LogP contribution in [0.2, 0.25) is 10.0 Å². The van der Waals surface area contributed by atoms with Crippen LogP contribution in [-0.4, -0.2) is 26.5 Å². The van der Waals surface area contributed by atoms with Crippen molar-refractivity contribution >= 4 is 29.0 Å². The smallest absolute Gasteiger partial charge is 0.166 e. The number of anilines is 1. The first kappa shape index (κ1) is 21.5. The van der Waals surface area contributed by atoms with Crippen molar-refractivity contribution in [3.8, 4) is 16.9 Å². The third-order valence-electron chi connectivity index (χ3n) is 6.18. The third kappa shape index (κ3) is 4.17. The fourth-order valence-electron chi connectivity index (χ4n) is 4.22. The molecule has 2 fully saturated rings. The maximum Gasteiger partial charge on any atom is 0.166 e. The van der Waals surface area contributed by atoms with Crippen LogP contribution in [0.4, 0.5) is 10.2 Å². The summed E-state index contributed by atoms with van der Waals surface area (Å²) in [5, 5.41) is 4.72. The van der Waals surface area contributed by atoms with E-state index in [1.807, 2.05) is 10.9 Å². The molecule has 2 atom stereocenters. The highest BCUT2D eigenvalue weighted by molar-refractivity contribution is 6.36. The van der Waals surface area contributed by atoms with Crippen molar-refractivity contribution in [3.05, 3.63) is 58.2 Å². The second-order valence-corrected chi connectivity index (χ2v) is 9.32. The van der Waals surface area contributed by atoms with Crippen LogP contribution >= 0.6 is 23.2 Å². The Hall–Kier alpha value is -2.35. The van der Waals surface area contributed by atoms with E-state index in [4.69, 9.17) is 38.4 Å². The van der Waals surface area contributed by atoms with Gasteiger partial charge >= 0.3 is 0 Å². The number of hydrogen-bond acceptors (Lipinski definition) is 5. The number of aromatic nitrogens is 3. The first-order valence-electron chi connectivity index (χ1n) is 10.6. The molecular formula is C23H23Cl2FN4O2. The molecule has 2 unspecified atom stereocenters. The minimum absolute atomic E-state index is 0.0731. The maximum absolute atomic E-state index is 13.9. The lowest BCUT2D eigenvalue weighted by Crippen LogP contribution is -2.18. The van der Waals surface area contributed by atoms with Crippen molar-refractivity contribution in [2.24, 2.45) is 0 Å². The van der Waals surface area contributed by atoms with Crippen molar-refractivity contribution in [3.63, 3.8) is 0 Å². The molecule has 1 aliphatic carbocycles. The van der Waals surface area contributed by atoms with Gasteiger partial charge in [0, 0.05) is 34.1 Å². The molecule has 5 rings (SSSR count). The SMILES string of the molecule is CC(Oc1cc(-c2cnn(CC3CCC4(CC4)O3)c2)cnc1N)c1c(Cl)ccc(F)c1Cl. The van der Waals surface area contributed by atoms with Gasteiger partial charge in [0.15, 0.2) is 11.6 Å². The summed E-state index contributed by atoms with van der Waals surface area (Å²) in [6, 6.07) is 4.45. The normalized spacial score (nSPS) is 19.9. The molecule has 2 aliphatic rings. The number of nitrogens with two attached hydrogens (primary N) is 1. The van der Waals surface area contributed by atoms with Crippen molar-refractivity contribution in [1.29, 1.82) is 0 Å². The van der Waals surface area contributed by atoms with Gasteiger partial charge in [-0.1, -0.05) is 23.2 Å². The van der Waals surface area contributed by atoms with Crippen LogP contribution in [0.25, 0.3) is 11.1 Å².